The molecule has 0 radical (unpaired) electrons. The molecule has 0 aliphatic carbocycles. The van der Waals surface area contributed by atoms with Crippen LogP contribution in [-0.2, 0) is 20.1 Å². The van der Waals surface area contributed by atoms with E-state index in [2.05, 4.69) is 20.4 Å². The van der Waals surface area contributed by atoms with Gasteiger partial charge in [-0.25, -0.2) is 4.98 Å². The second-order valence-electron chi connectivity index (χ2n) is 3.16. The van der Waals surface area contributed by atoms with Gasteiger partial charge >= 0.3 is 0 Å². The van der Waals surface area contributed by atoms with E-state index in [-0.39, 0.29) is 0 Å². The van der Waals surface area contributed by atoms with E-state index in [4.69, 9.17) is 0 Å². The third kappa shape index (κ3) is 2.20. The number of aromatic nitrogens is 4. The molecule has 0 aromatic carbocycles. The summed E-state index contributed by atoms with van der Waals surface area (Å²) in [6.07, 6.45) is 5.59. The van der Waals surface area contributed by atoms with Crippen LogP contribution in [0.1, 0.15) is 11.4 Å². The van der Waals surface area contributed by atoms with Crippen LogP contribution in [0.15, 0.2) is 24.8 Å². The van der Waals surface area contributed by atoms with Gasteiger partial charge in [0.25, 0.3) is 0 Å². The van der Waals surface area contributed by atoms with Crippen LogP contribution < -0.4 is 5.32 Å². The number of aryl methyl sites for hydroxylation is 1. The monoisotopic (exact) mass is 191 g/mol. The van der Waals surface area contributed by atoms with E-state index in [0.29, 0.717) is 6.54 Å². The summed E-state index contributed by atoms with van der Waals surface area (Å²) in [5.74, 6) is 0.822. The average Bonchev–Trinajstić information content (AvgIpc) is 2.77. The molecule has 74 valence electrons. The van der Waals surface area contributed by atoms with Crippen molar-refractivity contribution in [3.63, 3.8) is 0 Å². The lowest BCUT2D eigenvalue weighted by atomic mass is 10.3. The molecule has 2 aromatic heterocycles. The maximum atomic E-state index is 4.16. The van der Waals surface area contributed by atoms with Crippen molar-refractivity contribution in [3.8, 4) is 0 Å². The van der Waals surface area contributed by atoms with Gasteiger partial charge in [-0.15, -0.1) is 0 Å². The third-order valence-electron chi connectivity index (χ3n) is 1.92. The molecule has 5 nitrogen and oxygen atoms in total. The molecule has 0 aliphatic heterocycles. The van der Waals surface area contributed by atoms with Gasteiger partial charge in [-0.1, -0.05) is 0 Å². The van der Waals surface area contributed by atoms with E-state index in [9.17, 15) is 0 Å². The molecule has 2 rings (SSSR count). The summed E-state index contributed by atoms with van der Waals surface area (Å²) in [6, 6.07) is 2.04. The Kier molecular flexibility index (Phi) is 2.60. The van der Waals surface area contributed by atoms with Crippen LogP contribution >= 0.6 is 0 Å². The normalized spacial score (nSPS) is 10.6. The Morgan fingerprint density at radius 1 is 1.50 bits per heavy atom. The number of aromatic amines is 1. The summed E-state index contributed by atoms with van der Waals surface area (Å²) < 4.78 is 1.70. The highest BCUT2D eigenvalue weighted by Gasteiger charge is 1.97. The van der Waals surface area contributed by atoms with Gasteiger partial charge in [0.15, 0.2) is 5.82 Å². The molecule has 0 saturated carbocycles. The van der Waals surface area contributed by atoms with Gasteiger partial charge < -0.3 is 10.3 Å². The minimum absolute atomic E-state index is 0.700. The second-order valence-corrected chi connectivity index (χ2v) is 3.16. The molecule has 0 aliphatic rings. The van der Waals surface area contributed by atoms with Gasteiger partial charge in [-0.05, 0) is 11.6 Å². The average molecular weight is 191 g/mol. The van der Waals surface area contributed by atoms with E-state index in [1.165, 1.54) is 5.56 Å². The summed E-state index contributed by atoms with van der Waals surface area (Å²) >= 11 is 0. The molecular weight excluding hydrogens is 178 g/mol. The molecule has 0 atom stereocenters. The second kappa shape index (κ2) is 4.06. The van der Waals surface area contributed by atoms with Crippen molar-refractivity contribution in [1.29, 1.82) is 0 Å². The van der Waals surface area contributed by atoms with Crippen LogP contribution in [-0.4, -0.2) is 19.7 Å². The molecule has 0 saturated heterocycles. The van der Waals surface area contributed by atoms with Crippen LogP contribution in [0.25, 0.3) is 0 Å². The fourth-order valence-electron chi connectivity index (χ4n) is 1.25. The Morgan fingerprint density at radius 3 is 3.07 bits per heavy atom. The SMILES string of the molecule is Cn1cnc(CNCc2cc[nH]c2)n1. The van der Waals surface area contributed by atoms with Crippen LogP contribution in [0.5, 0.6) is 0 Å². The standard InChI is InChI=1S/C9H13N5/c1-14-7-12-9(13-14)6-11-5-8-2-3-10-4-8/h2-4,7,10-11H,5-6H2,1H3. The first-order valence-electron chi connectivity index (χ1n) is 4.51. The highest BCUT2D eigenvalue weighted by molar-refractivity contribution is 5.07. The minimum Gasteiger partial charge on any atom is -0.367 e. The first kappa shape index (κ1) is 8.96. The maximum Gasteiger partial charge on any atom is 0.164 e. The van der Waals surface area contributed by atoms with Gasteiger partial charge in [0, 0.05) is 26.0 Å². The minimum atomic E-state index is 0.700. The van der Waals surface area contributed by atoms with Gasteiger partial charge in [0.05, 0.1) is 6.54 Å². The van der Waals surface area contributed by atoms with Gasteiger partial charge in [-0.2, -0.15) is 5.10 Å². The predicted octanol–water partition coefficient (Wildman–Crippen LogP) is 0.433. The van der Waals surface area contributed by atoms with E-state index in [1.54, 1.807) is 11.0 Å². The topological polar surface area (TPSA) is 58.5 Å². The molecule has 0 unspecified atom stereocenters. The molecular formula is C9H13N5. The zero-order valence-corrected chi connectivity index (χ0v) is 8.07. The number of rotatable bonds is 4. The molecule has 14 heavy (non-hydrogen) atoms. The van der Waals surface area contributed by atoms with Crippen LogP contribution in [0.2, 0.25) is 0 Å². The van der Waals surface area contributed by atoms with Gasteiger partial charge in [-0.3, -0.25) is 4.68 Å². The molecule has 5 heteroatoms. The van der Waals surface area contributed by atoms with E-state index >= 15 is 0 Å². The first-order chi connectivity index (χ1) is 6.84. The van der Waals surface area contributed by atoms with Crippen molar-refractivity contribution < 1.29 is 0 Å². The van der Waals surface area contributed by atoms with Crippen molar-refractivity contribution >= 4 is 0 Å². The third-order valence-corrected chi connectivity index (χ3v) is 1.92. The predicted molar refractivity (Wildman–Crippen MR) is 52.3 cm³/mol. The summed E-state index contributed by atoms with van der Waals surface area (Å²) in [7, 11) is 1.86. The van der Waals surface area contributed by atoms with Crippen LogP contribution in [0.4, 0.5) is 0 Å². The Balaban J connectivity index is 1.78. The Labute approximate surface area is 82.2 Å². The molecule has 0 amide bonds. The highest BCUT2D eigenvalue weighted by atomic mass is 15.3. The van der Waals surface area contributed by atoms with Crippen molar-refractivity contribution in [1.82, 2.24) is 25.1 Å². The Morgan fingerprint density at radius 2 is 2.43 bits per heavy atom. The van der Waals surface area contributed by atoms with Gasteiger partial charge in [0.1, 0.15) is 6.33 Å². The molecule has 2 aromatic rings. The quantitative estimate of drug-likeness (QED) is 0.737. The van der Waals surface area contributed by atoms with Crippen LogP contribution in [0.3, 0.4) is 0 Å². The smallest absolute Gasteiger partial charge is 0.164 e. The van der Waals surface area contributed by atoms with Crippen molar-refractivity contribution in [2.75, 3.05) is 0 Å². The van der Waals surface area contributed by atoms with Crippen LogP contribution in [0, 0.1) is 0 Å². The zero-order chi connectivity index (χ0) is 9.80. The zero-order valence-electron chi connectivity index (χ0n) is 8.07. The van der Waals surface area contributed by atoms with E-state index in [0.717, 1.165) is 12.4 Å². The lowest BCUT2D eigenvalue weighted by Gasteiger charge is -1.98. The van der Waals surface area contributed by atoms with E-state index in [1.807, 2.05) is 25.5 Å². The molecule has 2 N–H and O–H groups in total. The highest BCUT2D eigenvalue weighted by Crippen LogP contribution is 1.95. The summed E-state index contributed by atoms with van der Waals surface area (Å²) in [4.78, 5) is 7.12. The largest absolute Gasteiger partial charge is 0.367 e. The van der Waals surface area contributed by atoms with Crippen molar-refractivity contribution in [2.24, 2.45) is 7.05 Å². The molecule has 0 fully saturated rings. The summed E-state index contributed by atoms with van der Waals surface area (Å²) in [6.45, 7) is 1.54. The Bertz CT molecular complexity index is 376. The van der Waals surface area contributed by atoms with Crippen molar-refractivity contribution in [2.45, 2.75) is 13.1 Å². The number of nitrogens with one attached hydrogen (secondary N) is 2. The van der Waals surface area contributed by atoms with Crippen molar-refractivity contribution in [3.05, 3.63) is 36.2 Å². The number of H-pyrrole nitrogens is 1. The lowest BCUT2D eigenvalue weighted by Crippen LogP contribution is -2.13. The van der Waals surface area contributed by atoms with E-state index < -0.39 is 0 Å². The fourth-order valence-corrected chi connectivity index (χ4v) is 1.25. The summed E-state index contributed by atoms with van der Waals surface area (Å²) in [5.41, 5.74) is 1.24. The maximum absolute atomic E-state index is 4.16. The molecule has 0 bridgehead atoms. The lowest BCUT2D eigenvalue weighted by molar-refractivity contribution is 0.649. The number of hydrogen-bond donors (Lipinski definition) is 2. The Hall–Kier alpha value is -1.62. The van der Waals surface area contributed by atoms with Gasteiger partial charge in [0.2, 0.25) is 0 Å². The number of nitrogens with zero attached hydrogens (tertiary/aromatic N) is 3. The molecule has 0 spiro atoms. The fraction of sp³-hybridized carbons (Fsp3) is 0.333. The first-order valence-corrected chi connectivity index (χ1v) is 4.51. The molecule has 2 heterocycles. The number of hydrogen-bond acceptors (Lipinski definition) is 3. The summed E-state index contributed by atoms with van der Waals surface area (Å²) in [5, 5.41) is 7.42.